The monoisotopic (exact) mass is 623 g/mol. The zero-order chi connectivity index (χ0) is 32.7. The molecule has 0 bridgehead atoms. The van der Waals surface area contributed by atoms with Crippen LogP contribution in [0.15, 0.2) is 52.6 Å². The van der Waals surface area contributed by atoms with Gasteiger partial charge in [0.15, 0.2) is 23.1 Å². The number of ketones is 4. The van der Waals surface area contributed by atoms with Gasteiger partial charge in [0, 0.05) is 24.0 Å². The van der Waals surface area contributed by atoms with E-state index in [0.717, 1.165) is 13.2 Å². The number of phenols is 3. The lowest BCUT2D eigenvalue weighted by atomic mass is 9.76. The first-order chi connectivity index (χ1) is 22.0. The Labute approximate surface area is 256 Å². The van der Waals surface area contributed by atoms with Gasteiger partial charge in [-0.05, 0) is 29.9 Å². The number of ether oxygens (including phenoxy) is 1. The lowest BCUT2D eigenvalue weighted by molar-refractivity contribution is -0.121. The summed E-state index contributed by atoms with van der Waals surface area (Å²) in [7, 11) is 1.12. The van der Waals surface area contributed by atoms with Crippen molar-refractivity contribution in [1.29, 1.82) is 0 Å². The van der Waals surface area contributed by atoms with Crippen LogP contribution in [0.2, 0.25) is 0 Å². The number of hydrogen-bond acceptors (Lipinski definition) is 12. The van der Waals surface area contributed by atoms with Crippen molar-refractivity contribution in [2.75, 3.05) is 7.11 Å². The second-order valence-electron chi connectivity index (χ2n) is 11.0. The Morgan fingerprint density at radius 3 is 2.46 bits per heavy atom. The summed E-state index contributed by atoms with van der Waals surface area (Å²) in [4.78, 5) is 85.6. The molecule has 2 heterocycles. The summed E-state index contributed by atoms with van der Waals surface area (Å²) in [6.45, 7) is -0.0372. The molecule has 5 N–H and O–H groups in total. The minimum Gasteiger partial charge on any atom is -0.507 e. The van der Waals surface area contributed by atoms with Gasteiger partial charge in [0.05, 0.1) is 53.0 Å². The molecule has 230 valence electrons. The molecule has 3 aliphatic rings. The van der Waals surface area contributed by atoms with Crippen LogP contribution in [-0.4, -0.2) is 72.2 Å². The highest BCUT2D eigenvalue weighted by molar-refractivity contribution is 6.38. The molecule has 7 rings (SSSR count). The van der Waals surface area contributed by atoms with E-state index in [1.54, 1.807) is 6.20 Å². The van der Waals surface area contributed by atoms with Crippen molar-refractivity contribution >= 4 is 46.0 Å². The number of fused-ring (bicyclic) bond motifs is 5. The molecular weight excluding hydrogens is 602 g/mol. The number of H-pyrrole nitrogens is 1. The van der Waals surface area contributed by atoms with E-state index in [-0.39, 0.29) is 41.4 Å². The van der Waals surface area contributed by atoms with E-state index in [1.165, 1.54) is 35.4 Å². The smallest absolute Gasteiger partial charge is 0.260 e. The van der Waals surface area contributed by atoms with Crippen LogP contribution in [0.1, 0.15) is 64.7 Å². The molecule has 2 aromatic heterocycles. The average molecular weight is 624 g/mol. The molecule has 46 heavy (non-hydrogen) atoms. The van der Waals surface area contributed by atoms with Crippen LogP contribution in [0, 0.1) is 0 Å². The fourth-order valence-electron chi connectivity index (χ4n) is 6.58. The molecule has 0 saturated carbocycles. The van der Waals surface area contributed by atoms with Gasteiger partial charge in [-0.2, -0.15) is 5.10 Å². The summed E-state index contributed by atoms with van der Waals surface area (Å²) >= 11 is 0. The number of allylic oxidation sites excluding steroid dienone is 2. The molecule has 0 aliphatic heterocycles. The van der Waals surface area contributed by atoms with E-state index in [0.29, 0.717) is 5.56 Å². The number of nitrogens with zero attached hydrogens (tertiary/aromatic N) is 3. The van der Waals surface area contributed by atoms with E-state index in [9.17, 15) is 44.1 Å². The van der Waals surface area contributed by atoms with Gasteiger partial charge < -0.3 is 29.6 Å². The quantitative estimate of drug-likeness (QED) is 0.0916. The first kappa shape index (κ1) is 28.4. The number of methoxy groups -OCH3 is 1. The fraction of sp³-hybridized carbons (Fsp3) is 0.161. The number of Topliss-reactive ketones (excluding diaryl/α,β-unsaturated/α-hetero) is 3. The largest absolute Gasteiger partial charge is 0.507 e. The summed E-state index contributed by atoms with van der Waals surface area (Å²) in [6, 6.07) is 3.00. The topological polar surface area (TPSA) is 230 Å². The van der Waals surface area contributed by atoms with Crippen LogP contribution in [0.4, 0.5) is 0 Å². The Hall–Kier alpha value is -6.38. The Bertz CT molecular complexity index is 2250. The third-order valence-corrected chi connectivity index (χ3v) is 8.54. The second-order valence-corrected chi connectivity index (χ2v) is 11.0. The fourth-order valence-corrected chi connectivity index (χ4v) is 6.58. The van der Waals surface area contributed by atoms with Crippen molar-refractivity contribution in [3.8, 4) is 17.2 Å². The number of rotatable bonds is 5. The highest BCUT2D eigenvalue weighted by Crippen LogP contribution is 2.57. The third kappa shape index (κ3) is 3.71. The predicted molar refractivity (Wildman–Crippen MR) is 156 cm³/mol. The SMILES string of the molecule is COC1=CC(=O)c2c(O)c3c(c(O)c2C1=O)C(=O)C1(CCc2cc4cc(/C=N/NC(=O)Cn5ccnc5)[nH]c(=O)c4c(O)c21)C3=O. The van der Waals surface area contributed by atoms with E-state index in [1.807, 2.05) is 0 Å². The second kappa shape index (κ2) is 9.82. The summed E-state index contributed by atoms with van der Waals surface area (Å²) in [5, 5.41) is 37.6. The molecule has 1 unspecified atom stereocenters. The molecule has 1 spiro atoms. The van der Waals surface area contributed by atoms with E-state index in [2.05, 4.69) is 20.5 Å². The van der Waals surface area contributed by atoms with E-state index in [4.69, 9.17) is 4.74 Å². The van der Waals surface area contributed by atoms with Crippen LogP contribution in [0.25, 0.3) is 10.8 Å². The Kier molecular flexibility index (Phi) is 6.06. The zero-order valence-corrected chi connectivity index (χ0v) is 23.7. The van der Waals surface area contributed by atoms with Crippen molar-refractivity contribution in [1.82, 2.24) is 20.0 Å². The van der Waals surface area contributed by atoms with Gasteiger partial charge >= 0.3 is 0 Å². The number of nitrogens with one attached hydrogen (secondary N) is 2. The number of amides is 1. The Morgan fingerprint density at radius 2 is 1.78 bits per heavy atom. The summed E-state index contributed by atoms with van der Waals surface area (Å²) in [5.41, 5.74) is -2.91. The number of imidazole rings is 1. The first-order valence-electron chi connectivity index (χ1n) is 13.8. The van der Waals surface area contributed by atoms with Gasteiger partial charge in [0.25, 0.3) is 11.5 Å². The lowest BCUT2D eigenvalue weighted by Gasteiger charge is -2.22. The molecule has 1 atom stereocenters. The standard InChI is InChI=1S/C31H21N5O10/c1-46-16-8-15(37)19-20(24(16)39)26(41)22-21(25(19)40)28(43)31(29(22)44)3-2-12-6-13-7-14(34-30(45)18(13)27(42)23(12)31)9-33-35-17(38)10-36-5-4-32-11-36/h4-9,11,40-42H,2-3,10H2,1H3,(H,34,45)(H,35,38)/b33-9+. The maximum absolute atomic E-state index is 14.1. The Morgan fingerprint density at radius 1 is 1.07 bits per heavy atom. The number of carbonyl (C=O) groups is 5. The van der Waals surface area contributed by atoms with Crippen molar-refractivity contribution in [3.63, 3.8) is 0 Å². The summed E-state index contributed by atoms with van der Waals surface area (Å²) in [6.07, 6.45) is 6.46. The molecule has 15 nitrogen and oxygen atoms in total. The highest BCUT2D eigenvalue weighted by Gasteiger charge is 2.61. The highest BCUT2D eigenvalue weighted by atomic mass is 16.5. The average Bonchev–Trinajstić information content (AvgIpc) is 3.72. The van der Waals surface area contributed by atoms with Crippen LogP contribution >= 0.6 is 0 Å². The number of hydrazone groups is 1. The Balaban J connectivity index is 1.30. The van der Waals surface area contributed by atoms with Crippen molar-refractivity contribution in [2.45, 2.75) is 24.8 Å². The van der Waals surface area contributed by atoms with Gasteiger partial charge in [0.2, 0.25) is 5.78 Å². The molecule has 3 aliphatic carbocycles. The summed E-state index contributed by atoms with van der Waals surface area (Å²) in [5.74, 6) is -7.35. The number of hydrogen-bond donors (Lipinski definition) is 5. The van der Waals surface area contributed by atoms with Crippen molar-refractivity contribution in [2.24, 2.45) is 5.10 Å². The van der Waals surface area contributed by atoms with Crippen LogP contribution in [0.3, 0.4) is 0 Å². The van der Waals surface area contributed by atoms with Crippen LogP contribution in [0.5, 0.6) is 17.2 Å². The van der Waals surface area contributed by atoms with Gasteiger partial charge in [0.1, 0.15) is 29.2 Å². The third-order valence-electron chi connectivity index (χ3n) is 8.54. The number of aromatic amines is 1. The number of aryl methyl sites for hydroxylation is 1. The van der Waals surface area contributed by atoms with Crippen LogP contribution < -0.4 is 11.0 Å². The molecule has 1 amide bonds. The predicted octanol–water partition coefficient (Wildman–Crippen LogP) is 1.16. The van der Waals surface area contributed by atoms with E-state index >= 15 is 0 Å². The minimum absolute atomic E-state index is 0.0372. The van der Waals surface area contributed by atoms with Crippen molar-refractivity contribution in [3.05, 3.63) is 92.1 Å². The molecule has 15 heteroatoms. The lowest BCUT2D eigenvalue weighted by Crippen LogP contribution is -2.36. The molecular formula is C31H21N5O10. The molecule has 0 fully saturated rings. The van der Waals surface area contributed by atoms with Gasteiger partial charge in [-0.1, -0.05) is 6.07 Å². The molecule has 0 saturated heterocycles. The van der Waals surface area contributed by atoms with Crippen LogP contribution in [-0.2, 0) is 27.9 Å². The summed E-state index contributed by atoms with van der Waals surface area (Å²) < 4.78 is 6.44. The van der Waals surface area contributed by atoms with Gasteiger partial charge in [-0.3, -0.25) is 28.8 Å². The van der Waals surface area contributed by atoms with Gasteiger partial charge in [-0.15, -0.1) is 0 Å². The normalized spacial score (nSPS) is 18.3. The number of benzene rings is 2. The zero-order valence-electron chi connectivity index (χ0n) is 23.7. The molecule has 2 aromatic carbocycles. The van der Waals surface area contributed by atoms with Crippen molar-refractivity contribution < 1.29 is 44.0 Å². The number of aromatic hydroxyl groups is 3. The maximum Gasteiger partial charge on any atom is 0.260 e. The maximum atomic E-state index is 14.1. The number of carbonyl (C=O) groups excluding carboxylic acids is 5. The number of phenolic OH excluding ortho intramolecular Hbond substituents is 3. The number of pyridine rings is 1. The first-order valence-corrected chi connectivity index (χ1v) is 13.8. The number of aromatic nitrogens is 3. The van der Waals surface area contributed by atoms with Gasteiger partial charge in [-0.25, -0.2) is 10.4 Å². The molecule has 0 radical (unpaired) electrons. The minimum atomic E-state index is -2.15. The van der Waals surface area contributed by atoms with E-state index < -0.39 is 85.3 Å². The molecule has 4 aromatic rings.